The molecule has 96 valence electrons. The van der Waals surface area contributed by atoms with Crippen LogP contribution >= 0.6 is 12.2 Å². The fourth-order valence-electron chi connectivity index (χ4n) is 1.62. The number of nitrogens with one attached hydrogen (secondary N) is 2. The third kappa shape index (κ3) is 3.44. The third-order valence-electron chi connectivity index (χ3n) is 2.39. The summed E-state index contributed by atoms with van der Waals surface area (Å²) in [6.07, 6.45) is 1.59. The second-order valence-electron chi connectivity index (χ2n) is 3.99. The molecule has 1 atom stereocenters. The first-order valence-corrected chi connectivity index (χ1v) is 7.41. The van der Waals surface area contributed by atoms with Crippen LogP contribution in [0.25, 0.3) is 0 Å². The first-order valence-electron chi connectivity index (χ1n) is 5.29. The number of hydrogen-bond donors (Lipinski definition) is 3. The summed E-state index contributed by atoms with van der Waals surface area (Å²) in [6.45, 7) is 0. The van der Waals surface area contributed by atoms with Gasteiger partial charge in [-0.05, 0) is 36.5 Å². The number of nitrogen functional groups attached to an aromatic ring is 1. The fourth-order valence-corrected chi connectivity index (χ4v) is 3.12. The van der Waals surface area contributed by atoms with Gasteiger partial charge in [0, 0.05) is 16.8 Å². The van der Waals surface area contributed by atoms with Gasteiger partial charge in [0.1, 0.15) is 0 Å². The topological polar surface area (TPSA) is 84.2 Å². The lowest BCUT2D eigenvalue weighted by molar-refractivity contribution is 0.603. The van der Waals surface area contributed by atoms with Crippen molar-refractivity contribution >= 4 is 38.5 Å². The molecule has 2 rings (SSSR count). The summed E-state index contributed by atoms with van der Waals surface area (Å²) in [5.74, 6) is 0.0335. The zero-order valence-corrected chi connectivity index (χ0v) is 11.1. The Morgan fingerprint density at radius 1 is 1.44 bits per heavy atom. The van der Waals surface area contributed by atoms with Crippen LogP contribution in [-0.4, -0.2) is 25.3 Å². The Balaban J connectivity index is 1.92. The average molecular weight is 283 g/mol. The molecule has 7 heteroatoms. The Bertz CT molecular complexity index is 596. The van der Waals surface area contributed by atoms with Crippen LogP contribution in [0.2, 0.25) is 0 Å². The van der Waals surface area contributed by atoms with Gasteiger partial charge in [-0.15, -0.1) is 0 Å². The molecule has 0 saturated heterocycles. The molecule has 1 aliphatic heterocycles. The predicted molar refractivity (Wildman–Crippen MR) is 76.9 cm³/mol. The molecule has 1 aromatic rings. The molecular weight excluding hydrogens is 270 g/mol. The van der Waals surface area contributed by atoms with E-state index in [0.717, 1.165) is 5.69 Å². The van der Waals surface area contributed by atoms with Crippen LogP contribution in [0.3, 0.4) is 0 Å². The van der Waals surface area contributed by atoms with Gasteiger partial charge in [-0.25, -0.2) is 8.42 Å². The summed E-state index contributed by atoms with van der Waals surface area (Å²) in [5.41, 5.74) is 7.03. The van der Waals surface area contributed by atoms with Crippen LogP contribution in [0.5, 0.6) is 0 Å². The maximum Gasteiger partial charge on any atom is 0.173 e. The summed E-state index contributed by atoms with van der Waals surface area (Å²) < 4.78 is 22.4. The van der Waals surface area contributed by atoms with Crippen molar-refractivity contribution in [1.82, 2.24) is 5.32 Å². The largest absolute Gasteiger partial charge is 0.399 e. The quantitative estimate of drug-likeness (QED) is 0.551. The molecular formula is C11H13N3O2S2. The summed E-state index contributed by atoms with van der Waals surface area (Å²) in [5, 5.41) is 7.43. The molecule has 0 spiro atoms. The summed E-state index contributed by atoms with van der Waals surface area (Å²) in [6, 6.07) is 6.87. The molecule has 4 N–H and O–H groups in total. The molecule has 0 radical (unpaired) electrons. The number of rotatable bonds is 2. The first kappa shape index (κ1) is 12.8. The second kappa shape index (κ2) is 4.95. The van der Waals surface area contributed by atoms with Crippen LogP contribution in [0, 0.1) is 0 Å². The van der Waals surface area contributed by atoms with E-state index in [1.807, 2.05) is 6.07 Å². The van der Waals surface area contributed by atoms with Gasteiger partial charge in [0.25, 0.3) is 0 Å². The maximum absolute atomic E-state index is 11.2. The van der Waals surface area contributed by atoms with Crippen LogP contribution < -0.4 is 16.4 Å². The zero-order chi connectivity index (χ0) is 13.2. The number of thiocarbonyl (C=S) groups is 1. The monoisotopic (exact) mass is 283 g/mol. The molecule has 1 aliphatic rings. The van der Waals surface area contributed by atoms with Crippen molar-refractivity contribution in [2.24, 2.45) is 0 Å². The molecule has 1 unspecified atom stereocenters. The average Bonchev–Trinajstić information content (AvgIpc) is 2.57. The van der Waals surface area contributed by atoms with Gasteiger partial charge in [0.15, 0.2) is 14.9 Å². The standard InChI is InChI=1S/C11H13N3O2S2/c12-8-2-1-3-9(6-8)13-11(17)14-10-4-5-18(15,16)7-10/h1-6,10H,7,12H2,(H2,13,14,17). The normalized spacial score (nSPS) is 20.6. The summed E-state index contributed by atoms with van der Waals surface area (Å²) in [4.78, 5) is 0. The van der Waals surface area contributed by atoms with Gasteiger partial charge in [0.05, 0.1) is 11.8 Å². The van der Waals surface area contributed by atoms with E-state index in [1.165, 1.54) is 5.41 Å². The van der Waals surface area contributed by atoms with E-state index in [2.05, 4.69) is 10.6 Å². The molecule has 0 fully saturated rings. The number of benzene rings is 1. The molecule has 0 amide bonds. The van der Waals surface area contributed by atoms with E-state index in [-0.39, 0.29) is 11.8 Å². The number of nitrogens with two attached hydrogens (primary N) is 1. The smallest absolute Gasteiger partial charge is 0.173 e. The highest BCUT2D eigenvalue weighted by atomic mass is 32.2. The lowest BCUT2D eigenvalue weighted by atomic mass is 10.3. The van der Waals surface area contributed by atoms with Gasteiger partial charge in [0.2, 0.25) is 0 Å². The molecule has 0 aromatic heterocycles. The summed E-state index contributed by atoms with van der Waals surface area (Å²) >= 11 is 5.10. The SMILES string of the molecule is Nc1cccc(NC(=S)NC2C=CS(=O)(=O)C2)c1. The molecule has 0 saturated carbocycles. The highest BCUT2D eigenvalue weighted by molar-refractivity contribution is 7.94. The third-order valence-corrected chi connectivity index (χ3v) is 4.01. The van der Waals surface area contributed by atoms with Crippen molar-refractivity contribution in [3.63, 3.8) is 0 Å². The minimum atomic E-state index is -3.07. The Kier molecular flexibility index (Phi) is 3.53. The Labute approximate surface area is 111 Å². The van der Waals surface area contributed by atoms with Gasteiger partial charge in [-0.3, -0.25) is 0 Å². The van der Waals surface area contributed by atoms with Gasteiger partial charge < -0.3 is 16.4 Å². The molecule has 1 heterocycles. The number of hydrogen-bond acceptors (Lipinski definition) is 4. The van der Waals surface area contributed by atoms with Crippen molar-refractivity contribution < 1.29 is 8.42 Å². The van der Waals surface area contributed by atoms with E-state index in [9.17, 15) is 8.42 Å². The van der Waals surface area contributed by atoms with Gasteiger partial charge >= 0.3 is 0 Å². The molecule has 0 bridgehead atoms. The lowest BCUT2D eigenvalue weighted by Gasteiger charge is -2.14. The number of sulfone groups is 1. The van der Waals surface area contributed by atoms with Crippen molar-refractivity contribution in [3.8, 4) is 0 Å². The van der Waals surface area contributed by atoms with E-state index in [4.69, 9.17) is 18.0 Å². The Morgan fingerprint density at radius 2 is 2.22 bits per heavy atom. The fraction of sp³-hybridized carbons (Fsp3) is 0.182. The van der Waals surface area contributed by atoms with E-state index in [0.29, 0.717) is 10.8 Å². The molecule has 18 heavy (non-hydrogen) atoms. The highest BCUT2D eigenvalue weighted by Crippen LogP contribution is 2.12. The molecule has 0 aliphatic carbocycles. The van der Waals surface area contributed by atoms with Crippen LogP contribution in [0.1, 0.15) is 0 Å². The van der Waals surface area contributed by atoms with Crippen LogP contribution in [0.15, 0.2) is 35.7 Å². The minimum absolute atomic E-state index is 0.0335. The van der Waals surface area contributed by atoms with Crippen molar-refractivity contribution in [2.45, 2.75) is 6.04 Å². The van der Waals surface area contributed by atoms with Crippen molar-refractivity contribution in [3.05, 3.63) is 35.7 Å². The minimum Gasteiger partial charge on any atom is -0.399 e. The van der Waals surface area contributed by atoms with Crippen LogP contribution in [-0.2, 0) is 9.84 Å². The van der Waals surface area contributed by atoms with Crippen molar-refractivity contribution in [2.75, 3.05) is 16.8 Å². The van der Waals surface area contributed by atoms with Gasteiger partial charge in [-0.2, -0.15) is 0 Å². The second-order valence-corrected chi connectivity index (χ2v) is 6.33. The number of anilines is 2. The Morgan fingerprint density at radius 3 is 2.83 bits per heavy atom. The predicted octanol–water partition coefficient (Wildman–Crippen LogP) is 0.866. The zero-order valence-electron chi connectivity index (χ0n) is 9.46. The lowest BCUT2D eigenvalue weighted by Crippen LogP contribution is -2.38. The van der Waals surface area contributed by atoms with Crippen molar-refractivity contribution in [1.29, 1.82) is 0 Å². The Hall–Kier alpha value is -1.60. The maximum atomic E-state index is 11.2. The van der Waals surface area contributed by atoms with E-state index < -0.39 is 9.84 Å². The van der Waals surface area contributed by atoms with Gasteiger partial charge in [-0.1, -0.05) is 6.07 Å². The molecule has 5 nitrogen and oxygen atoms in total. The molecule has 1 aromatic carbocycles. The summed E-state index contributed by atoms with van der Waals surface area (Å²) in [7, 11) is -3.07. The van der Waals surface area contributed by atoms with E-state index >= 15 is 0 Å². The van der Waals surface area contributed by atoms with Crippen LogP contribution in [0.4, 0.5) is 11.4 Å². The first-order chi connectivity index (χ1) is 8.44. The van der Waals surface area contributed by atoms with E-state index in [1.54, 1.807) is 24.3 Å². The highest BCUT2D eigenvalue weighted by Gasteiger charge is 2.21.